The largest absolute Gasteiger partial charge is 0.618 e. The number of ether oxygens (including phenoxy) is 3. The minimum absolute atomic E-state index is 0.0294. The normalized spacial score (nSPS) is 18.6. The zero-order valence-corrected chi connectivity index (χ0v) is 25.9. The Bertz CT molecular complexity index is 1600. The molecule has 1 aliphatic rings. The summed E-state index contributed by atoms with van der Waals surface area (Å²) in [6, 6.07) is 28.8. The van der Waals surface area contributed by atoms with Crippen molar-refractivity contribution in [3.63, 3.8) is 0 Å². The third-order valence-electron chi connectivity index (χ3n) is 7.50. The second-order valence-corrected chi connectivity index (χ2v) is 11.8. The smallest absolute Gasteiger partial charge is 0.303 e. The molecule has 0 unspecified atom stereocenters. The van der Waals surface area contributed by atoms with Gasteiger partial charge in [0.15, 0.2) is 18.6 Å². The summed E-state index contributed by atoms with van der Waals surface area (Å²) in [6.07, 6.45) is 0.162. The van der Waals surface area contributed by atoms with Crippen LogP contribution in [-0.2, 0) is 37.0 Å². The van der Waals surface area contributed by atoms with Gasteiger partial charge in [-0.05, 0) is 40.8 Å². The number of nitrogens with zero attached hydrogens (tertiary/aromatic N) is 1. The molecule has 1 saturated heterocycles. The molecule has 2 heterocycles. The first-order chi connectivity index (χ1) is 21.8. The number of benzene rings is 3. The van der Waals surface area contributed by atoms with Crippen molar-refractivity contribution in [3.05, 3.63) is 125 Å². The van der Waals surface area contributed by atoms with Crippen LogP contribution in [0.4, 0.5) is 0 Å². The van der Waals surface area contributed by atoms with E-state index in [1.165, 1.54) is 31.8 Å². The molecule has 10 heteroatoms. The predicted octanol–water partition coefficient (Wildman–Crippen LogP) is 5.38. The van der Waals surface area contributed by atoms with Gasteiger partial charge in [0.25, 0.3) is 10.9 Å². The fraction of sp³-hybridized carbons (Fsp3) is 0.286. The van der Waals surface area contributed by atoms with Crippen molar-refractivity contribution in [2.45, 2.75) is 63.0 Å². The summed E-state index contributed by atoms with van der Waals surface area (Å²) in [5.74, 6) is -0.302. The van der Waals surface area contributed by atoms with Crippen LogP contribution in [0.3, 0.4) is 0 Å². The van der Waals surface area contributed by atoms with Crippen molar-refractivity contribution in [2.24, 2.45) is 0 Å². The molecular formula is C35H36N2O7S. The maximum absolute atomic E-state index is 12.4. The number of nitrogens with one attached hydrogen (secondary N) is 1. The standard InChI is InChI=1S/C35H36N2O7S/c1-23(42-24(2)39)34(40)36-20-29-7-3-4-8-31(29)26-14-16-28(17-15-26)35-43-30(22-45-33-9-5-6-18-37(33)41)19-32(44-35)27-12-10-25(21-38)11-13-27/h3-18,23,30,32,35,38H,19-22H2,1-2H3,(H,36,40)/t23-,30+,32-,35-/m0/s1. The Kier molecular flexibility index (Phi) is 10.9. The van der Waals surface area contributed by atoms with E-state index in [1.54, 1.807) is 12.1 Å². The Balaban J connectivity index is 1.32. The maximum Gasteiger partial charge on any atom is 0.303 e. The number of hydrogen-bond acceptors (Lipinski definition) is 8. The van der Waals surface area contributed by atoms with Crippen LogP contribution in [0.5, 0.6) is 0 Å². The van der Waals surface area contributed by atoms with Crippen LogP contribution in [-0.4, -0.2) is 34.9 Å². The molecule has 0 bridgehead atoms. The molecule has 4 atom stereocenters. The topological polar surface area (TPSA) is 121 Å². The summed E-state index contributed by atoms with van der Waals surface area (Å²) in [7, 11) is 0. The zero-order valence-electron chi connectivity index (χ0n) is 25.1. The Labute approximate surface area is 266 Å². The highest BCUT2D eigenvalue weighted by atomic mass is 32.2. The highest BCUT2D eigenvalue weighted by Crippen LogP contribution is 2.39. The molecule has 2 N–H and O–H groups in total. The predicted molar refractivity (Wildman–Crippen MR) is 170 cm³/mol. The van der Waals surface area contributed by atoms with E-state index in [4.69, 9.17) is 14.2 Å². The van der Waals surface area contributed by atoms with E-state index in [0.29, 0.717) is 17.2 Å². The quantitative estimate of drug-likeness (QED) is 0.0983. The van der Waals surface area contributed by atoms with Gasteiger partial charge in [-0.15, -0.1) is 0 Å². The van der Waals surface area contributed by atoms with Crippen molar-refractivity contribution >= 4 is 23.6 Å². The Hall–Kier alpha value is -4.22. The molecule has 3 aromatic carbocycles. The number of aliphatic hydroxyl groups excluding tert-OH is 1. The van der Waals surface area contributed by atoms with Crippen molar-refractivity contribution in [2.75, 3.05) is 5.75 Å². The van der Waals surface area contributed by atoms with E-state index in [1.807, 2.05) is 78.9 Å². The average molecular weight is 629 g/mol. The molecule has 1 aliphatic heterocycles. The third-order valence-corrected chi connectivity index (χ3v) is 8.65. The minimum atomic E-state index is -0.878. The number of amides is 1. The molecule has 0 spiro atoms. The van der Waals surface area contributed by atoms with Gasteiger partial charge in [-0.3, -0.25) is 9.59 Å². The maximum atomic E-state index is 12.4. The first-order valence-corrected chi connectivity index (χ1v) is 15.7. The number of aliphatic hydroxyl groups is 1. The van der Waals surface area contributed by atoms with Gasteiger partial charge in [0, 0.05) is 43.3 Å². The lowest BCUT2D eigenvalue weighted by Gasteiger charge is -2.36. The first kappa shape index (κ1) is 32.2. The number of esters is 1. The van der Waals surface area contributed by atoms with Gasteiger partial charge in [-0.2, -0.15) is 4.73 Å². The molecule has 1 aromatic heterocycles. The zero-order chi connectivity index (χ0) is 31.8. The number of rotatable bonds is 11. The van der Waals surface area contributed by atoms with Gasteiger partial charge in [-0.25, -0.2) is 0 Å². The number of pyridine rings is 1. The molecule has 45 heavy (non-hydrogen) atoms. The van der Waals surface area contributed by atoms with Gasteiger partial charge in [0.2, 0.25) is 0 Å². The summed E-state index contributed by atoms with van der Waals surface area (Å²) in [5.41, 5.74) is 5.50. The highest BCUT2D eigenvalue weighted by molar-refractivity contribution is 7.99. The van der Waals surface area contributed by atoms with Crippen molar-refractivity contribution in [1.82, 2.24) is 5.32 Å². The second-order valence-electron chi connectivity index (χ2n) is 10.8. The Morgan fingerprint density at radius 2 is 1.71 bits per heavy atom. The van der Waals surface area contributed by atoms with Crippen LogP contribution in [0.25, 0.3) is 11.1 Å². The molecular weight excluding hydrogens is 592 g/mol. The molecule has 4 aromatic rings. The van der Waals surface area contributed by atoms with Crippen LogP contribution >= 0.6 is 11.8 Å². The number of carbonyl (C=O) groups excluding carboxylic acids is 2. The van der Waals surface area contributed by atoms with Crippen LogP contribution in [0, 0.1) is 5.21 Å². The van der Waals surface area contributed by atoms with Crippen LogP contribution in [0.1, 0.15) is 54.9 Å². The van der Waals surface area contributed by atoms with Crippen LogP contribution < -0.4 is 10.0 Å². The van der Waals surface area contributed by atoms with Crippen molar-refractivity contribution in [1.29, 1.82) is 0 Å². The van der Waals surface area contributed by atoms with Gasteiger partial charge >= 0.3 is 5.97 Å². The van der Waals surface area contributed by atoms with Gasteiger partial charge in [0.05, 0.1) is 18.8 Å². The van der Waals surface area contributed by atoms with Crippen LogP contribution in [0.2, 0.25) is 0 Å². The number of hydrogen-bond donors (Lipinski definition) is 2. The lowest BCUT2D eigenvalue weighted by atomic mass is 9.97. The average Bonchev–Trinajstić information content (AvgIpc) is 3.06. The molecule has 5 rings (SSSR count). The van der Waals surface area contributed by atoms with E-state index < -0.39 is 18.4 Å². The van der Waals surface area contributed by atoms with Crippen molar-refractivity contribution < 1.29 is 33.6 Å². The van der Waals surface area contributed by atoms with Crippen molar-refractivity contribution in [3.8, 4) is 11.1 Å². The fourth-order valence-electron chi connectivity index (χ4n) is 5.13. The second kappa shape index (κ2) is 15.2. The molecule has 0 aliphatic carbocycles. The number of aromatic nitrogens is 1. The van der Waals surface area contributed by atoms with E-state index in [2.05, 4.69) is 5.32 Å². The summed E-state index contributed by atoms with van der Waals surface area (Å²) < 4.78 is 18.8. The van der Waals surface area contributed by atoms with E-state index in [0.717, 1.165) is 38.1 Å². The molecule has 1 amide bonds. The van der Waals surface area contributed by atoms with E-state index in [9.17, 15) is 19.9 Å². The Morgan fingerprint density at radius 1 is 1.00 bits per heavy atom. The Morgan fingerprint density at radius 3 is 2.42 bits per heavy atom. The van der Waals surface area contributed by atoms with Crippen LogP contribution in [0.15, 0.2) is 102 Å². The summed E-state index contributed by atoms with van der Waals surface area (Å²) >= 11 is 1.45. The van der Waals surface area contributed by atoms with Gasteiger partial charge in [-0.1, -0.05) is 84.6 Å². The summed E-state index contributed by atoms with van der Waals surface area (Å²) in [4.78, 5) is 23.6. The lowest BCUT2D eigenvalue weighted by Crippen LogP contribution is -2.35. The molecule has 1 fully saturated rings. The highest BCUT2D eigenvalue weighted by Gasteiger charge is 2.32. The summed E-state index contributed by atoms with van der Waals surface area (Å²) in [5, 5.41) is 25.1. The molecule has 0 saturated carbocycles. The van der Waals surface area contributed by atoms with Gasteiger partial charge < -0.3 is 29.8 Å². The first-order valence-electron chi connectivity index (χ1n) is 14.8. The SMILES string of the molecule is CC(=O)O[C@@H](C)C(=O)NCc1ccccc1-c1ccc([C@H]2O[C@@H](CSc3cccc[n+]3[O-])C[C@@H](c3ccc(CO)cc3)O2)cc1. The number of carbonyl (C=O) groups is 2. The lowest BCUT2D eigenvalue weighted by molar-refractivity contribution is -0.645. The van der Waals surface area contributed by atoms with Gasteiger partial charge in [0.1, 0.15) is 0 Å². The molecule has 9 nitrogen and oxygen atoms in total. The third kappa shape index (κ3) is 8.49. The minimum Gasteiger partial charge on any atom is -0.618 e. The molecule has 234 valence electrons. The van der Waals surface area contributed by atoms with E-state index in [-0.39, 0.29) is 31.3 Å². The monoisotopic (exact) mass is 628 g/mol. The molecule has 0 radical (unpaired) electrons. The fourth-order valence-corrected chi connectivity index (χ4v) is 6.06. The van der Waals surface area contributed by atoms with E-state index >= 15 is 0 Å². The number of thioether (sulfide) groups is 1. The summed E-state index contributed by atoms with van der Waals surface area (Å²) in [6.45, 7) is 3.06.